The van der Waals surface area contributed by atoms with E-state index in [1.54, 1.807) is 6.20 Å². The largest absolute Gasteiger partial charge is 0.390 e. The number of nitrogens with one attached hydrogen (secondary N) is 1. The second-order valence-corrected chi connectivity index (χ2v) is 3.02. The van der Waals surface area contributed by atoms with Crippen LogP contribution in [0.4, 0.5) is 0 Å². The lowest BCUT2D eigenvalue weighted by Gasteiger charge is -2.23. The third kappa shape index (κ3) is 4.85. The zero-order valence-electron chi connectivity index (χ0n) is 7.93. The number of rotatable bonds is 6. The van der Waals surface area contributed by atoms with E-state index in [0.717, 1.165) is 6.54 Å². The third-order valence-electron chi connectivity index (χ3n) is 1.85. The summed E-state index contributed by atoms with van der Waals surface area (Å²) in [4.78, 5) is 2.25. The van der Waals surface area contributed by atoms with Crippen molar-refractivity contribution >= 4 is 0 Å². The zero-order chi connectivity index (χ0) is 8.69. The summed E-state index contributed by atoms with van der Waals surface area (Å²) in [6.45, 7) is 6.84. The van der Waals surface area contributed by atoms with E-state index >= 15 is 0 Å². The van der Waals surface area contributed by atoms with Crippen LogP contribution in [0.25, 0.3) is 0 Å². The lowest BCUT2D eigenvalue weighted by molar-refractivity contribution is 0.274. The molecule has 0 aromatic carbocycles. The number of hydrogen-bond donors (Lipinski definition) is 1. The third-order valence-corrected chi connectivity index (χ3v) is 1.85. The van der Waals surface area contributed by atoms with Crippen molar-refractivity contribution in [2.75, 3.05) is 20.6 Å². The topological polar surface area (TPSA) is 15.3 Å². The fourth-order valence-electron chi connectivity index (χ4n) is 1.10. The van der Waals surface area contributed by atoms with Gasteiger partial charge in [-0.15, -0.1) is 0 Å². The van der Waals surface area contributed by atoms with Gasteiger partial charge in [0.25, 0.3) is 0 Å². The molecule has 0 bridgehead atoms. The van der Waals surface area contributed by atoms with Gasteiger partial charge in [0.1, 0.15) is 0 Å². The van der Waals surface area contributed by atoms with E-state index in [0.29, 0.717) is 6.04 Å². The van der Waals surface area contributed by atoms with Crippen molar-refractivity contribution in [1.82, 2.24) is 10.2 Å². The van der Waals surface area contributed by atoms with Gasteiger partial charge in [0.05, 0.1) is 0 Å². The van der Waals surface area contributed by atoms with E-state index in [-0.39, 0.29) is 0 Å². The molecule has 0 radical (unpaired) electrons. The lowest BCUT2D eigenvalue weighted by atomic mass is 10.1. The SMILES string of the molecule is C=CNCC(CCC)N(C)C. The van der Waals surface area contributed by atoms with Gasteiger partial charge >= 0.3 is 0 Å². The van der Waals surface area contributed by atoms with Gasteiger partial charge in [0.15, 0.2) is 0 Å². The molecule has 0 aliphatic heterocycles. The quantitative estimate of drug-likeness (QED) is 0.626. The predicted molar refractivity (Wildman–Crippen MR) is 50.6 cm³/mol. The molecule has 1 N–H and O–H groups in total. The van der Waals surface area contributed by atoms with Gasteiger partial charge in [-0.25, -0.2) is 0 Å². The molecule has 1 atom stereocenters. The molecular weight excluding hydrogens is 136 g/mol. The summed E-state index contributed by atoms with van der Waals surface area (Å²) >= 11 is 0. The highest BCUT2D eigenvalue weighted by atomic mass is 15.1. The zero-order valence-corrected chi connectivity index (χ0v) is 7.93. The van der Waals surface area contributed by atoms with E-state index in [1.807, 2.05) is 0 Å². The van der Waals surface area contributed by atoms with Crippen LogP contribution in [0.2, 0.25) is 0 Å². The molecule has 0 aliphatic rings. The summed E-state index contributed by atoms with van der Waals surface area (Å²) in [5.74, 6) is 0. The Bertz CT molecular complexity index is 99.7. The molecule has 2 nitrogen and oxygen atoms in total. The van der Waals surface area contributed by atoms with Crippen molar-refractivity contribution < 1.29 is 0 Å². The van der Waals surface area contributed by atoms with Gasteiger partial charge in [0.2, 0.25) is 0 Å². The first-order valence-electron chi connectivity index (χ1n) is 4.23. The molecule has 66 valence electrons. The number of likely N-dealkylation sites (N-methyl/N-ethyl adjacent to an activating group) is 1. The summed E-state index contributed by atoms with van der Waals surface area (Å²) in [6, 6.07) is 0.637. The first-order valence-corrected chi connectivity index (χ1v) is 4.23. The minimum absolute atomic E-state index is 0.637. The monoisotopic (exact) mass is 156 g/mol. The molecule has 2 heteroatoms. The van der Waals surface area contributed by atoms with Crippen LogP contribution in [0.5, 0.6) is 0 Å². The standard InChI is InChI=1S/C9H20N2/c1-5-7-9(11(3)4)8-10-6-2/h6,9-10H,2,5,7-8H2,1,3-4H3. The van der Waals surface area contributed by atoms with Crippen LogP contribution in [0.1, 0.15) is 19.8 Å². The predicted octanol–water partition coefficient (Wildman–Crippen LogP) is 1.45. The van der Waals surface area contributed by atoms with Crippen LogP contribution in [0.3, 0.4) is 0 Å². The molecule has 0 aromatic rings. The molecule has 0 aliphatic carbocycles. The van der Waals surface area contributed by atoms with Gasteiger partial charge in [0, 0.05) is 12.6 Å². The van der Waals surface area contributed by atoms with E-state index in [1.165, 1.54) is 12.8 Å². The van der Waals surface area contributed by atoms with Crippen molar-refractivity contribution in [3.8, 4) is 0 Å². The van der Waals surface area contributed by atoms with Gasteiger partial charge in [-0.3, -0.25) is 0 Å². The molecule has 0 saturated heterocycles. The fraction of sp³-hybridized carbons (Fsp3) is 0.778. The van der Waals surface area contributed by atoms with Gasteiger partial charge < -0.3 is 10.2 Å². The van der Waals surface area contributed by atoms with Crippen LogP contribution in [0, 0.1) is 0 Å². The lowest BCUT2D eigenvalue weighted by Crippen LogP contribution is -2.35. The maximum atomic E-state index is 3.62. The molecule has 0 saturated carbocycles. The van der Waals surface area contributed by atoms with Crippen molar-refractivity contribution in [2.24, 2.45) is 0 Å². The van der Waals surface area contributed by atoms with E-state index in [9.17, 15) is 0 Å². The highest BCUT2D eigenvalue weighted by Crippen LogP contribution is 2.00. The second-order valence-electron chi connectivity index (χ2n) is 3.02. The first kappa shape index (κ1) is 10.5. The Morgan fingerprint density at radius 3 is 2.55 bits per heavy atom. The number of hydrogen-bond acceptors (Lipinski definition) is 2. The fourth-order valence-corrected chi connectivity index (χ4v) is 1.10. The normalized spacial score (nSPS) is 13.1. The average Bonchev–Trinajstić information content (AvgIpc) is 1.97. The molecule has 1 unspecified atom stereocenters. The maximum absolute atomic E-state index is 3.62. The Labute approximate surface area is 70.3 Å². The van der Waals surface area contributed by atoms with Crippen molar-refractivity contribution in [3.05, 3.63) is 12.8 Å². The van der Waals surface area contributed by atoms with E-state index < -0.39 is 0 Å². The van der Waals surface area contributed by atoms with Gasteiger partial charge in [-0.1, -0.05) is 19.9 Å². The Morgan fingerprint density at radius 2 is 2.18 bits per heavy atom. The summed E-state index contributed by atoms with van der Waals surface area (Å²) in [5, 5.41) is 3.14. The van der Waals surface area contributed by atoms with E-state index in [4.69, 9.17) is 0 Å². The summed E-state index contributed by atoms with van der Waals surface area (Å²) in [6.07, 6.45) is 4.24. The summed E-state index contributed by atoms with van der Waals surface area (Å²) < 4.78 is 0. The summed E-state index contributed by atoms with van der Waals surface area (Å²) in [5.41, 5.74) is 0. The van der Waals surface area contributed by atoms with Crippen LogP contribution in [-0.2, 0) is 0 Å². The Kier molecular flexibility index (Phi) is 5.94. The minimum atomic E-state index is 0.637. The highest BCUT2D eigenvalue weighted by Gasteiger charge is 2.07. The second kappa shape index (κ2) is 6.23. The molecule has 0 heterocycles. The van der Waals surface area contributed by atoms with Gasteiger partial charge in [-0.2, -0.15) is 0 Å². The highest BCUT2D eigenvalue weighted by molar-refractivity contribution is 4.72. The molecule has 0 fully saturated rings. The Hall–Kier alpha value is -0.500. The van der Waals surface area contributed by atoms with Crippen LogP contribution in [0.15, 0.2) is 12.8 Å². The molecule has 0 aromatic heterocycles. The first-order chi connectivity index (χ1) is 5.22. The minimum Gasteiger partial charge on any atom is -0.390 e. The molecule has 11 heavy (non-hydrogen) atoms. The van der Waals surface area contributed by atoms with Crippen LogP contribution < -0.4 is 5.32 Å². The molecule has 0 amide bonds. The average molecular weight is 156 g/mol. The van der Waals surface area contributed by atoms with Crippen molar-refractivity contribution in [3.63, 3.8) is 0 Å². The number of nitrogens with zero attached hydrogens (tertiary/aromatic N) is 1. The maximum Gasteiger partial charge on any atom is 0.0297 e. The Morgan fingerprint density at radius 1 is 1.55 bits per heavy atom. The van der Waals surface area contributed by atoms with Crippen molar-refractivity contribution in [1.29, 1.82) is 0 Å². The van der Waals surface area contributed by atoms with Crippen LogP contribution in [-0.4, -0.2) is 31.6 Å². The molecular formula is C9H20N2. The summed E-state index contributed by atoms with van der Waals surface area (Å²) in [7, 11) is 4.23. The smallest absolute Gasteiger partial charge is 0.0297 e. The van der Waals surface area contributed by atoms with Crippen molar-refractivity contribution in [2.45, 2.75) is 25.8 Å². The molecule has 0 rings (SSSR count). The van der Waals surface area contributed by atoms with E-state index in [2.05, 4.69) is 37.8 Å². The van der Waals surface area contributed by atoms with Gasteiger partial charge in [-0.05, 0) is 26.7 Å². The Balaban J connectivity index is 3.59. The van der Waals surface area contributed by atoms with Crippen LogP contribution >= 0.6 is 0 Å². The molecule has 0 spiro atoms.